The van der Waals surface area contributed by atoms with Crippen molar-refractivity contribution in [3.8, 4) is 0 Å². The van der Waals surface area contributed by atoms with Crippen molar-refractivity contribution in [3.05, 3.63) is 11.6 Å². The number of hydrogen-bond acceptors (Lipinski definition) is 6. The number of thiazole rings is 1. The van der Waals surface area contributed by atoms with Crippen molar-refractivity contribution in [2.24, 2.45) is 0 Å². The summed E-state index contributed by atoms with van der Waals surface area (Å²) in [6.45, 7) is 5.32. The van der Waals surface area contributed by atoms with Crippen molar-refractivity contribution in [3.63, 3.8) is 0 Å². The lowest BCUT2D eigenvalue weighted by molar-refractivity contribution is 0.178. The molecule has 2 N–H and O–H groups in total. The molecule has 1 atom stereocenters. The van der Waals surface area contributed by atoms with Crippen molar-refractivity contribution in [1.82, 2.24) is 14.1 Å². The lowest BCUT2D eigenvalue weighted by Gasteiger charge is -2.23. The second-order valence-corrected chi connectivity index (χ2v) is 7.79. The average molecular weight is 330 g/mol. The highest BCUT2D eigenvalue weighted by Crippen LogP contribution is 2.28. The van der Waals surface area contributed by atoms with Gasteiger partial charge in [-0.05, 0) is 20.3 Å². The predicted molar refractivity (Wildman–Crippen MR) is 81.4 cm³/mol. The van der Waals surface area contributed by atoms with Crippen molar-refractivity contribution in [2.75, 3.05) is 25.1 Å². The first-order valence-electron chi connectivity index (χ1n) is 6.76. The topological polar surface area (TPSA) is 84.7 Å². The van der Waals surface area contributed by atoms with Gasteiger partial charge in [0.1, 0.15) is 0 Å². The van der Waals surface area contributed by atoms with Crippen molar-refractivity contribution < 1.29 is 13.2 Å². The van der Waals surface area contributed by atoms with Gasteiger partial charge in [-0.1, -0.05) is 0 Å². The average Bonchev–Trinajstić information content (AvgIpc) is 3.04. The third kappa shape index (κ3) is 2.66. The molecule has 1 aliphatic rings. The van der Waals surface area contributed by atoms with Crippen LogP contribution in [0.2, 0.25) is 0 Å². The van der Waals surface area contributed by atoms with E-state index in [-0.39, 0.29) is 5.03 Å². The molecule has 21 heavy (non-hydrogen) atoms. The third-order valence-corrected chi connectivity index (χ3v) is 5.83. The standard InChI is InChI=1S/C12H18N4O3S2/c1-3-13-9-10(16-5-7-20-11(16)14-9)21(17,18)15-12(2)4-6-19-8-12/h5,7,13,15H,3-4,6,8H2,1-2H3. The molecule has 3 heterocycles. The number of nitrogens with one attached hydrogen (secondary N) is 2. The van der Waals surface area contributed by atoms with E-state index in [1.54, 1.807) is 10.6 Å². The van der Waals surface area contributed by atoms with E-state index in [1.807, 2.05) is 19.2 Å². The van der Waals surface area contributed by atoms with Gasteiger partial charge < -0.3 is 10.1 Å². The summed E-state index contributed by atoms with van der Waals surface area (Å²) in [5, 5.41) is 5.00. The summed E-state index contributed by atoms with van der Waals surface area (Å²) >= 11 is 1.40. The zero-order valence-corrected chi connectivity index (χ0v) is 13.6. The molecule has 0 spiro atoms. The largest absolute Gasteiger partial charge is 0.379 e. The summed E-state index contributed by atoms with van der Waals surface area (Å²) in [5.74, 6) is 0.388. The highest BCUT2D eigenvalue weighted by Gasteiger charge is 2.37. The number of anilines is 1. The molecule has 1 unspecified atom stereocenters. The van der Waals surface area contributed by atoms with Gasteiger partial charge in [0, 0.05) is 24.7 Å². The maximum atomic E-state index is 12.8. The molecule has 0 bridgehead atoms. The molecule has 1 saturated heterocycles. The van der Waals surface area contributed by atoms with E-state index in [0.29, 0.717) is 37.0 Å². The molecular weight excluding hydrogens is 312 g/mol. The van der Waals surface area contributed by atoms with Crippen LogP contribution in [0.4, 0.5) is 5.82 Å². The highest BCUT2D eigenvalue weighted by atomic mass is 32.2. The van der Waals surface area contributed by atoms with Gasteiger partial charge in [-0.3, -0.25) is 4.40 Å². The summed E-state index contributed by atoms with van der Waals surface area (Å²) in [4.78, 5) is 5.00. The fourth-order valence-corrected chi connectivity index (χ4v) is 4.88. The summed E-state index contributed by atoms with van der Waals surface area (Å²) in [5.41, 5.74) is -0.567. The van der Waals surface area contributed by atoms with Crippen LogP contribution >= 0.6 is 11.3 Å². The monoisotopic (exact) mass is 330 g/mol. The maximum absolute atomic E-state index is 12.8. The predicted octanol–water partition coefficient (Wildman–Crippen LogP) is 1.28. The molecule has 3 rings (SSSR count). The summed E-state index contributed by atoms with van der Waals surface area (Å²) in [6.07, 6.45) is 2.38. The number of ether oxygens (including phenoxy) is 1. The normalized spacial score (nSPS) is 23.0. The first-order valence-corrected chi connectivity index (χ1v) is 9.13. The van der Waals surface area contributed by atoms with E-state index in [1.165, 1.54) is 11.3 Å². The molecule has 7 nitrogen and oxygen atoms in total. The van der Waals surface area contributed by atoms with Gasteiger partial charge in [0.2, 0.25) is 0 Å². The number of nitrogens with zero attached hydrogens (tertiary/aromatic N) is 2. The SMILES string of the molecule is CCNc1nc2sccn2c1S(=O)(=O)NC1(C)CCOC1. The molecule has 0 amide bonds. The van der Waals surface area contributed by atoms with Crippen LogP contribution in [0.25, 0.3) is 4.96 Å². The van der Waals surface area contributed by atoms with Crippen LogP contribution in [-0.4, -0.2) is 43.1 Å². The molecule has 0 aliphatic carbocycles. The van der Waals surface area contributed by atoms with Crippen LogP contribution in [0, 0.1) is 0 Å². The molecular formula is C12H18N4O3S2. The van der Waals surface area contributed by atoms with Crippen molar-refractivity contribution in [2.45, 2.75) is 30.8 Å². The number of hydrogen-bond donors (Lipinski definition) is 2. The Labute approximate surface area is 127 Å². The molecule has 1 fully saturated rings. The van der Waals surface area contributed by atoms with Crippen LogP contribution in [0.15, 0.2) is 16.6 Å². The Morgan fingerprint density at radius 2 is 2.38 bits per heavy atom. The molecule has 0 radical (unpaired) electrons. The minimum Gasteiger partial charge on any atom is -0.379 e. The molecule has 2 aromatic rings. The molecule has 116 valence electrons. The van der Waals surface area contributed by atoms with E-state index in [0.717, 1.165) is 0 Å². The first kappa shape index (κ1) is 14.8. The first-order chi connectivity index (χ1) is 9.95. The van der Waals surface area contributed by atoms with E-state index in [4.69, 9.17) is 4.74 Å². The van der Waals surface area contributed by atoms with Gasteiger partial charge in [0.15, 0.2) is 15.8 Å². The molecule has 2 aromatic heterocycles. The van der Waals surface area contributed by atoms with Gasteiger partial charge in [-0.15, -0.1) is 11.3 Å². The van der Waals surface area contributed by atoms with E-state index < -0.39 is 15.6 Å². The Morgan fingerprint density at radius 3 is 3.05 bits per heavy atom. The zero-order chi connectivity index (χ0) is 15.1. The lowest BCUT2D eigenvalue weighted by atomic mass is 10.0. The van der Waals surface area contributed by atoms with Crippen LogP contribution in [0.3, 0.4) is 0 Å². The fraction of sp³-hybridized carbons (Fsp3) is 0.583. The third-order valence-electron chi connectivity index (χ3n) is 3.42. The maximum Gasteiger partial charge on any atom is 0.260 e. The number of rotatable bonds is 5. The van der Waals surface area contributed by atoms with Crippen LogP contribution < -0.4 is 10.0 Å². The summed E-state index contributed by atoms with van der Waals surface area (Å²) in [7, 11) is -3.69. The number of aromatic nitrogens is 2. The summed E-state index contributed by atoms with van der Waals surface area (Å²) in [6, 6.07) is 0. The van der Waals surface area contributed by atoms with Gasteiger partial charge >= 0.3 is 0 Å². The Hall–Kier alpha value is -1.16. The molecule has 0 saturated carbocycles. The van der Waals surface area contributed by atoms with Gasteiger partial charge in [-0.25, -0.2) is 18.1 Å². The highest BCUT2D eigenvalue weighted by molar-refractivity contribution is 7.89. The number of imidazole rings is 1. The minimum atomic E-state index is -3.69. The molecule has 9 heteroatoms. The van der Waals surface area contributed by atoms with Gasteiger partial charge in [0.05, 0.1) is 12.1 Å². The smallest absolute Gasteiger partial charge is 0.260 e. The van der Waals surface area contributed by atoms with E-state index >= 15 is 0 Å². The van der Waals surface area contributed by atoms with Crippen LogP contribution in [0.5, 0.6) is 0 Å². The lowest BCUT2D eigenvalue weighted by Crippen LogP contribution is -2.46. The Bertz CT molecular complexity index is 744. The van der Waals surface area contributed by atoms with E-state index in [9.17, 15) is 8.42 Å². The summed E-state index contributed by atoms with van der Waals surface area (Å²) < 4.78 is 35.3. The number of fused-ring (bicyclic) bond motifs is 1. The minimum absolute atomic E-state index is 0.161. The van der Waals surface area contributed by atoms with Gasteiger partial charge in [-0.2, -0.15) is 0 Å². The van der Waals surface area contributed by atoms with E-state index in [2.05, 4.69) is 15.0 Å². The van der Waals surface area contributed by atoms with Crippen LogP contribution in [0.1, 0.15) is 20.3 Å². The number of sulfonamides is 1. The Balaban J connectivity index is 2.04. The Kier molecular flexibility index (Phi) is 3.68. The van der Waals surface area contributed by atoms with Gasteiger partial charge in [0.25, 0.3) is 10.0 Å². The quantitative estimate of drug-likeness (QED) is 0.863. The second kappa shape index (κ2) is 5.24. The molecule has 0 aromatic carbocycles. The second-order valence-electron chi connectivity index (χ2n) is 5.32. The van der Waals surface area contributed by atoms with Crippen molar-refractivity contribution >= 4 is 32.1 Å². The Morgan fingerprint density at radius 1 is 1.57 bits per heavy atom. The van der Waals surface area contributed by atoms with Crippen LogP contribution in [-0.2, 0) is 14.8 Å². The molecule has 1 aliphatic heterocycles. The fourth-order valence-electron chi connectivity index (χ4n) is 2.42. The zero-order valence-electron chi connectivity index (χ0n) is 11.9. The van der Waals surface area contributed by atoms with Crippen molar-refractivity contribution in [1.29, 1.82) is 0 Å².